The van der Waals surface area contributed by atoms with Gasteiger partial charge in [0.05, 0.1) is 5.54 Å². The number of isocyanates is 1. The van der Waals surface area contributed by atoms with Gasteiger partial charge >= 0.3 is 0 Å². The van der Waals surface area contributed by atoms with Crippen LogP contribution in [0.3, 0.4) is 0 Å². The molecule has 0 aromatic heterocycles. The minimum atomic E-state index is -0.336. The van der Waals surface area contributed by atoms with Crippen LogP contribution in [-0.2, 0) is 10.3 Å². The molecule has 1 aromatic carbocycles. The molecule has 2 rings (SSSR count). The van der Waals surface area contributed by atoms with Crippen LogP contribution in [0.5, 0.6) is 0 Å². The first-order chi connectivity index (χ1) is 8.09. The SMILES string of the molecule is Cc1cc(C)c(Br)c(C2(N=C=O)CCCC2)c1. The van der Waals surface area contributed by atoms with E-state index in [0.29, 0.717) is 0 Å². The largest absolute Gasteiger partial charge is 0.235 e. The number of halogens is 1. The van der Waals surface area contributed by atoms with E-state index in [4.69, 9.17) is 0 Å². The Bertz CT molecular complexity index is 483. The summed E-state index contributed by atoms with van der Waals surface area (Å²) in [6, 6.07) is 4.28. The standard InChI is InChI=1S/C14H16BrNO/c1-10-7-11(2)13(15)12(8-10)14(16-9-17)5-3-4-6-14/h7-8H,3-6H2,1-2H3. The van der Waals surface area contributed by atoms with Crippen LogP contribution in [0.1, 0.15) is 42.4 Å². The molecule has 1 saturated carbocycles. The molecule has 0 bridgehead atoms. The molecule has 90 valence electrons. The fraction of sp³-hybridized carbons (Fsp3) is 0.500. The minimum absolute atomic E-state index is 0.336. The highest BCUT2D eigenvalue weighted by atomic mass is 79.9. The van der Waals surface area contributed by atoms with Gasteiger partial charge in [0.1, 0.15) is 0 Å². The van der Waals surface area contributed by atoms with E-state index in [1.165, 1.54) is 11.1 Å². The van der Waals surface area contributed by atoms with Gasteiger partial charge in [0.2, 0.25) is 6.08 Å². The van der Waals surface area contributed by atoms with Crippen LogP contribution in [-0.4, -0.2) is 6.08 Å². The molecule has 1 aliphatic carbocycles. The number of nitrogens with zero attached hydrogens (tertiary/aromatic N) is 1. The molecular formula is C14H16BrNO. The quantitative estimate of drug-likeness (QED) is 0.594. The number of benzene rings is 1. The third-order valence-corrected chi connectivity index (χ3v) is 4.64. The van der Waals surface area contributed by atoms with Gasteiger partial charge in [0.15, 0.2) is 0 Å². The van der Waals surface area contributed by atoms with E-state index >= 15 is 0 Å². The first kappa shape index (κ1) is 12.5. The predicted octanol–water partition coefficient (Wildman–Crippen LogP) is 4.17. The van der Waals surface area contributed by atoms with Crippen molar-refractivity contribution in [2.45, 2.75) is 45.1 Å². The van der Waals surface area contributed by atoms with E-state index in [9.17, 15) is 4.79 Å². The fourth-order valence-corrected chi connectivity index (χ4v) is 3.38. The predicted molar refractivity (Wildman–Crippen MR) is 71.9 cm³/mol. The summed E-state index contributed by atoms with van der Waals surface area (Å²) in [5, 5.41) is 0. The molecule has 0 heterocycles. The highest BCUT2D eigenvalue weighted by molar-refractivity contribution is 9.10. The van der Waals surface area contributed by atoms with Crippen molar-refractivity contribution in [2.75, 3.05) is 0 Å². The number of rotatable bonds is 2. The number of aliphatic imine (C=N–C) groups is 1. The molecule has 0 unspecified atom stereocenters. The molecule has 0 atom stereocenters. The maximum absolute atomic E-state index is 10.7. The number of aryl methyl sites for hydroxylation is 2. The van der Waals surface area contributed by atoms with E-state index in [0.717, 1.165) is 35.7 Å². The van der Waals surface area contributed by atoms with Crippen LogP contribution >= 0.6 is 15.9 Å². The van der Waals surface area contributed by atoms with Crippen molar-refractivity contribution in [1.82, 2.24) is 0 Å². The van der Waals surface area contributed by atoms with Gasteiger partial charge in [0.25, 0.3) is 0 Å². The van der Waals surface area contributed by atoms with Crippen molar-refractivity contribution < 1.29 is 4.79 Å². The van der Waals surface area contributed by atoms with Gasteiger partial charge in [-0.05, 0) is 37.8 Å². The molecule has 1 aliphatic rings. The Hall–Kier alpha value is -0.920. The molecular weight excluding hydrogens is 278 g/mol. The number of hydrogen-bond acceptors (Lipinski definition) is 2. The summed E-state index contributed by atoms with van der Waals surface area (Å²) in [5.41, 5.74) is 3.23. The van der Waals surface area contributed by atoms with Crippen LogP contribution in [0.15, 0.2) is 21.6 Å². The smallest absolute Gasteiger partial charge is 0.211 e. The van der Waals surface area contributed by atoms with Crippen molar-refractivity contribution in [3.63, 3.8) is 0 Å². The molecule has 2 nitrogen and oxygen atoms in total. The average Bonchev–Trinajstić information content (AvgIpc) is 2.73. The van der Waals surface area contributed by atoms with Crippen LogP contribution in [0, 0.1) is 13.8 Å². The van der Waals surface area contributed by atoms with Gasteiger partial charge in [-0.25, -0.2) is 4.79 Å². The zero-order chi connectivity index (χ0) is 12.5. The normalized spacial score (nSPS) is 17.8. The van der Waals surface area contributed by atoms with Crippen molar-refractivity contribution in [3.8, 4) is 0 Å². The van der Waals surface area contributed by atoms with Gasteiger partial charge in [-0.15, -0.1) is 0 Å². The Labute approximate surface area is 110 Å². The lowest BCUT2D eigenvalue weighted by Gasteiger charge is -2.25. The first-order valence-electron chi connectivity index (χ1n) is 5.95. The highest BCUT2D eigenvalue weighted by Crippen LogP contribution is 2.45. The van der Waals surface area contributed by atoms with E-state index in [1.807, 2.05) is 0 Å². The highest BCUT2D eigenvalue weighted by Gasteiger charge is 2.37. The van der Waals surface area contributed by atoms with Crippen LogP contribution < -0.4 is 0 Å². The summed E-state index contributed by atoms with van der Waals surface area (Å²) in [6.07, 6.45) is 5.92. The second-order valence-corrected chi connectivity index (χ2v) is 5.68. The maximum atomic E-state index is 10.7. The van der Waals surface area contributed by atoms with Gasteiger partial charge < -0.3 is 0 Å². The van der Waals surface area contributed by atoms with Crippen LogP contribution in [0.4, 0.5) is 0 Å². The Morgan fingerprint density at radius 1 is 1.29 bits per heavy atom. The summed E-state index contributed by atoms with van der Waals surface area (Å²) < 4.78 is 1.09. The van der Waals surface area contributed by atoms with Crippen molar-refractivity contribution in [2.24, 2.45) is 4.99 Å². The van der Waals surface area contributed by atoms with Crippen molar-refractivity contribution >= 4 is 22.0 Å². The average molecular weight is 294 g/mol. The molecule has 17 heavy (non-hydrogen) atoms. The van der Waals surface area contributed by atoms with Crippen LogP contribution in [0.2, 0.25) is 0 Å². The zero-order valence-electron chi connectivity index (χ0n) is 10.2. The van der Waals surface area contributed by atoms with Crippen molar-refractivity contribution in [3.05, 3.63) is 33.3 Å². The van der Waals surface area contributed by atoms with Gasteiger partial charge in [-0.2, -0.15) is 4.99 Å². The van der Waals surface area contributed by atoms with Gasteiger partial charge in [-0.3, -0.25) is 0 Å². The Balaban J connectivity index is 2.61. The lowest BCUT2D eigenvalue weighted by Crippen LogP contribution is -2.20. The molecule has 3 heteroatoms. The summed E-state index contributed by atoms with van der Waals surface area (Å²) in [7, 11) is 0. The zero-order valence-corrected chi connectivity index (χ0v) is 11.8. The second kappa shape index (κ2) is 4.75. The van der Waals surface area contributed by atoms with E-state index in [-0.39, 0.29) is 5.54 Å². The molecule has 0 aliphatic heterocycles. The molecule has 1 aromatic rings. The minimum Gasteiger partial charge on any atom is -0.211 e. The fourth-order valence-electron chi connectivity index (χ4n) is 2.78. The second-order valence-electron chi connectivity index (χ2n) is 4.89. The van der Waals surface area contributed by atoms with E-state index in [2.05, 4.69) is 46.9 Å². The number of carbonyl (C=O) groups excluding carboxylic acids is 1. The molecule has 0 radical (unpaired) electrons. The third kappa shape index (κ3) is 2.22. The van der Waals surface area contributed by atoms with Crippen LogP contribution in [0.25, 0.3) is 0 Å². The summed E-state index contributed by atoms with van der Waals surface area (Å²) in [6.45, 7) is 4.16. The number of hydrogen-bond donors (Lipinski definition) is 0. The third-order valence-electron chi connectivity index (χ3n) is 3.59. The summed E-state index contributed by atoms with van der Waals surface area (Å²) in [5.74, 6) is 0. The molecule has 0 saturated heterocycles. The molecule has 0 amide bonds. The topological polar surface area (TPSA) is 29.4 Å². The maximum Gasteiger partial charge on any atom is 0.235 e. The van der Waals surface area contributed by atoms with Gasteiger partial charge in [-0.1, -0.05) is 46.5 Å². The Morgan fingerprint density at radius 3 is 2.53 bits per heavy atom. The summed E-state index contributed by atoms with van der Waals surface area (Å²) >= 11 is 3.64. The monoisotopic (exact) mass is 293 g/mol. The molecule has 1 fully saturated rings. The van der Waals surface area contributed by atoms with Gasteiger partial charge in [0, 0.05) is 4.47 Å². The van der Waals surface area contributed by atoms with E-state index in [1.54, 1.807) is 6.08 Å². The molecule has 0 N–H and O–H groups in total. The first-order valence-corrected chi connectivity index (χ1v) is 6.75. The van der Waals surface area contributed by atoms with E-state index < -0.39 is 0 Å². The molecule has 0 spiro atoms. The summed E-state index contributed by atoms with van der Waals surface area (Å²) in [4.78, 5) is 14.8. The Kier molecular flexibility index (Phi) is 3.50. The Morgan fingerprint density at radius 2 is 1.94 bits per heavy atom. The lowest BCUT2D eigenvalue weighted by atomic mass is 9.87. The van der Waals surface area contributed by atoms with Crippen molar-refractivity contribution in [1.29, 1.82) is 0 Å². The lowest BCUT2D eigenvalue weighted by molar-refractivity contribution is 0.453.